The van der Waals surface area contributed by atoms with Gasteiger partial charge in [0, 0.05) is 19.2 Å². The summed E-state index contributed by atoms with van der Waals surface area (Å²) in [6.07, 6.45) is 1.24. The summed E-state index contributed by atoms with van der Waals surface area (Å²) >= 11 is 0. The van der Waals surface area contributed by atoms with Gasteiger partial charge in [0.25, 0.3) is 0 Å². The van der Waals surface area contributed by atoms with Crippen LogP contribution in [0.5, 0.6) is 5.75 Å². The van der Waals surface area contributed by atoms with Gasteiger partial charge in [0.05, 0.1) is 6.10 Å². The van der Waals surface area contributed by atoms with Crippen molar-refractivity contribution in [2.24, 2.45) is 16.6 Å². The van der Waals surface area contributed by atoms with Crippen molar-refractivity contribution in [3.8, 4) is 5.75 Å². The van der Waals surface area contributed by atoms with Crippen molar-refractivity contribution in [2.45, 2.75) is 46.8 Å². The monoisotopic (exact) mass is 405 g/mol. The van der Waals surface area contributed by atoms with E-state index >= 15 is 0 Å². The zero-order valence-electron chi connectivity index (χ0n) is 13.6. The van der Waals surface area contributed by atoms with Crippen LogP contribution >= 0.6 is 24.0 Å². The van der Waals surface area contributed by atoms with Gasteiger partial charge in [0.1, 0.15) is 5.75 Å². The van der Waals surface area contributed by atoms with Crippen molar-refractivity contribution in [2.75, 3.05) is 7.05 Å². The number of aliphatic imine (C=N–C) groups is 1. The molecule has 0 bridgehead atoms. The van der Waals surface area contributed by atoms with Gasteiger partial charge in [0.15, 0.2) is 5.96 Å². The fourth-order valence-electron chi connectivity index (χ4n) is 2.11. The number of hydrogen-bond acceptors (Lipinski definition) is 2. The number of rotatable bonds is 6. The van der Waals surface area contributed by atoms with Crippen LogP contribution in [0.25, 0.3) is 0 Å². The number of halogens is 1. The second-order valence-corrected chi connectivity index (χ2v) is 5.63. The lowest BCUT2D eigenvalue weighted by Gasteiger charge is -2.20. The molecule has 1 aromatic carbocycles. The average Bonchev–Trinajstić information content (AvgIpc) is 2.36. The number of nitrogens with zero attached hydrogens (tertiary/aromatic N) is 1. The number of ether oxygens (including phenoxy) is 1. The highest BCUT2D eigenvalue weighted by Crippen LogP contribution is 2.23. The van der Waals surface area contributed by atoms with Gasteiger partial charge in [0.2, 0.25) is 0 Å². The van der Waals surface area contributed by atoms with Crippen LogP contribution < -0.4 is 15.8 Å². The number of guanidine groups is 1. The Hall–Kier alpha value is -0.980. The number of nitrogens with two attached hydrogens (primary N) is 1. The average molecular weight is 405 g/mol. The normalized spacial score (nSPS) is 12.8. The maximum absolute atomic E-state index is 6.08. The van der Waals surface area contributed by atoms with Crippen LogP contribution in [0.3, 0.4) is 0 Å². The molecule has 21 heavy (non-hydrogen) atoms. The van der Waals surface area contributed by atoms with Crippen LogP contribution in [0.2, 0.25) is 0 Å². The third kappa shape index (κ3) is 7.55. The van der Waals surface area contributed by atoms with E-state index < -0.39 is 0 Å². The molecule has 4 nitrogen and oxygen atoms in total. The van der Waals surface area contributed by atoms with Crippen LogP contribution in [0.15, 0.2) is 23.2 Å². The molecule has 0 fully saturated rings. The zero-order chi connectivity index (χ0) is 15.1. The van der Waals surface area contributed by atoms with E-state index in [-0.39, 0.29) is 30.1 Å². The summed E-state index contributed by atoms with van der Waals surface area (Å²) in [6.45, 7) is 9.21. The van der Waals surface area contributed by atoms with Crippen LogP contribution in [0.1, 0.15) is 38.3 Å². The van der Waals surface area contributed by atoms with Gasteiger partial charge in [-0.15, -0.1) is 24.0 Å². The first-order valence-corrected chi connectivity index (χ1v) is 7.14. The molecule has 120 valence electrons. The molecule has 0 spiro atoms. The first-order valence-electron chi connectivity index (χ1n) is 7.14. The third-order valence-electron chi connectivity index (χ3n) is 3.06. The summed E-state index contributed by atoms with van der Waals surface area (Å²) in [6, 6.07) is 6.23. The van der Waals surface area contributed by atoms with E-state index in [1.54, 1.807) is 7.05 Å². The molecule has 0 aliphatic rings. The van der Waals surface area contributed by atoms with E-state index in [0.29, 0.717) is 18.4 Å². The van der Waals surface area contributed by atoms with Crippen molar-refractivity contribution < 1.29 is 4.74 Å². The minimum Gasteiger partial charge on any atom is -0.490 e. The van der Waals surface area contributed by atoms with Crippen molar-refractivity contribution >= 4 is 29.9 Å². The Bertz CT molecular complexity index is 461. The number of hydrogen-bond donors (Lipinski definition) is 2. The molecule has 5 heteroatoms. The van der Waals surface area contributed by atoms with E-state index in [1.807, 2.05) is 0 Å². The molecule has 3 N–H and O–H groups in total. The standard InChI is InChI=1S/C16H27N3O.HI/c1-11(2)8-13(4)20-15-9-12(3)6-7-14(15)10-19-16(17)18-5;/h6-7,9,11,13H,8,10H2,1-5H3,(H3,17,18,19);1H. The molecular weight excluding hydrogens is 377 g/mol. The summed E-state index contributed by atoms with van der Waals surface area (Å²) in [4.78, 5) is 3.89. The first kappa shape index (κ1) is 20.0. The molecule has 0 saturated carbocycles. The van der Waals surface area contributed by atoms with Crippen LogP contribution in [0.4, 0.5) is 0 Å². The summed E-state index contributed by atoms with van der Waals surface area (Å²) < 4.78 is 6.08. The highest BCUT2D eigenvalue weighted by atomic mass is 127. The molecule has 0 heterocycles. The maximum Gasteiger partial charge on any atom is 0.188 e. The molecule has 0 amide bonds. The van der Waals surface area contributed by atoms with E-state index in [0.717, 1.165) is 17.7 Å². The summed E-state index contributed by atoms with van der Waals surface area (Å²) in [5, 5.41) is 3.07. The smallest absolute Gasteiger partial charge is 0.188 e. The van der Waals surface area contributed by atoms with Crippen LogP contribution in [-0.2, 0) is 6.54 Å². The lowest BCUT2D eigenvalue weighted by molar-refractivity contribution is 0.191. The molecule has 0 aliphatic heterocycles. The van der Waals surface area contributed by atoms with Gasteiger partial charge in [-0.25, -0.2) is 0 Å². The first-order chi connectivity index (χ1) is 9.42. The quantitative estimate of drug-likeness (QED) is 0.433. The highest BCUT2D eigenvalue weighted by Gasteiger charge is 2.10. The molecule has 1 atom stereocenters. The Balaban J connectivity index is 0.00000400. The Morgan fingerprint density at radius 3 is 2.57 bits per heavy atom. The van der Waals surface area contributed by atoms with Crippen LogP contribution in [-0.4, -0.2) is 19.1 Å². The largest absolute Gasteiger partial charge is 0.490 e. The van der Waals surface area contributed by atoms with E-state index in [1.165, 1.54) is 5.56 Å². The molecule has 1 unspecified atom stereocenters. The van der Waals surface area contributed by atoms with E-state index in [4.69, 9.17) is 10.5 Å². The third-order valence-corrected chi connectivity index (χ3v) is 3.06. The lowest BCUT2D eigenvalue weighted by Crippen LogP contribution is -2.31. The summed E-state index contributed by atoms with van der Waals surface area (Å²) in [5.74, 6) is 1.99. The number of aryl methyl sites for hydroxylation is 1. The fourth-order valence-corrected chi connectivity index (χ4v) is 2.11. The zero-order valence-corrected chi connectivity index (χ0v) is 16.0. The van der Waals surface area contributed by atoms with Crippen molar-refractivity contribution in [1.29, 1.82) is 0 Å². The number of nitrogens with one attached hydrogen (secondary N) is 1. The Labute approximate surface area is 145 Å². The Morgan fingerprint density at radius 2 is 2.00 bits per heavy atom. The molecule has 0 aliphatic carbocycles. The van der Waals surface area contributed by atoms with Gasteiger partial charge in [-0.05, 0) is 37.8 Å². The van der Waals surface area contributed by atoms with Crippen molar-refractivity contribution in [3.05, 3.63) is 29.3 Å². The molecule has 1 rings (SSSR count). The molecule has 0 aromatic heterocycles. The number of benzene rings is 1. The Morgan fingerprint density at radius 1 is 1.33 bits per heavy atom. The van der Waals surface area contributed by atoms with Gasteiger partial charge in [-0.2, -0.15) is 0 Å². The second-order valence-electron chi connectivity index (χ2n) is 5.63. The molecular formula is C16H28IN3O. The lowest BCUT2D eigenvalue weighted by atomic mass is 10.1. The van der Waals surface area contributed by atoms with Crippen molar-refractivity contribution in [1.82, 2.24) is 5.32 Å². The van der Waals surface area contributed by atoms with Gasteiger partial charge in [-0.1, -0.05) is 26.0 Å². The van der Waals surface area contributed by atoms with Crippen molar-refractivity contribution in [3.63, 3.8) is 0 Å². The van der Waals surface area contributed by atoms with Gasteiger partial charge >= 0.3 is 0 Å². The summed E-state index contributed by atoms with van der Waals surface area (Å²) in [5.41, 5.74) is 7.95. The SMILES string of the molecule is CN=C(N)NCc1ccc(C)cc1OC(C)CC(C)C.I. The Kier molecular flexibility index (Phi) is 9.41. The van der Waals surface area contributed by atoms with E-state index in [9.17, 15) is 0 Å². The predicted octanol–water partition coefficient (Wildman–Crippen LogP) is 3.46. The molecule has 1 aromatic rings. The second kappa shape index (κ2) is 9.87. The van der Waals surface area contributed by atoms with Gasteiger partial charge < -0.3 is 15.8 Å². The fraction of sp³-hybridized carbons (Fsp3) is 0.562. The minimum absolute atomic E-state index is 0. The minimum atomic E-state index is 0. The predicted molar refractivity (Wildman–Crippen MR) is 101 cm³/mol. The van der Waals surface area contributed by atoms with Gasteiger partial charge in [-0.3, -0.25) is 4.99 Å². The van der Waals surface area contributed by atoms with Crippen LogP contribution in [0, 0.1) is 12.8 Å². The maximum atomic E-state index is 6.08. The molecule has 0 saturated heterocycles. The highest BCUT2D eigenvalue weighted by molar-refractivity contribution is 14.0. The summed E-state index contributed by atoms with van der Waals surface area (Å²) in [7, 11) is 1.67. The topological polar surface area (TPSA) is 59.6 Å². The molecule has 0 radical (unpaired) electrons. The van der Waals surface area contributed by atoms with E-state index in [2.05, 4.69) is 56.2 Å².